The highest BCUT2D eigenvalue weighted by atomic mass is 16.5. The molecule has 0 aliphatic rings. The first-order chi connectivity index (χ1) is 10.2. The molecule has 0 bridgehead atoms. The van der Waals surface area contributed by atoms with Gasteiger partial charge in [0.15, 0.2) is 0 Å². The summed E-state index contributed by atoms with van der Waals surface area (Å²) in [5.41, 5.74) is 2.21. The zero-order valence-electron chi connectivity index (χ0n) is 13.1. The summed E-state index contributed by atoms with van der Waals surface area (Å²) in [7, 11) is 0. The maximum Gasteiger partial charge on any atom is 0.140 e. The van der Waals surface area contributed by atoms with Gasteiger partial charge in [-0.15, -0.1) is 0 Å². The van der Waals surface area contributed by atoms with Gasteiger partial charge < -0.3 is 15.0 Å². The van der Waals surface area contributed by atoms with E-state index in [1.54, 1.807) is 0 Å². The molecule has 0 fully saturated rings. The van der Waals surface area contributed by atoms with Gasteiger partial charge in [-0.25, -0.2) is 4.98 Å². The van der Waals surface area contributed by atoms with Crippen LogP contribution in [0.15, 0.2) is 36.5 Å². The molecule has 0 saturated heterocycles. The van der Waals surface area contributed by atoms with Crippen molar-refractivity contribution < 1.29 is 4.74 Å². The Morgan fingerprint density at radius 3 is 2.67 bits per heavy atom. The zero-order chi connectivity index (χ0) is 15.1. The summed E-state index contributed by atoms with van der Waals surface area (Å²) in [6.07, 6.45) is 1.76. The van der Waals surface area contributed by atoms with E-state index in [1.165, 1.54) is 0 Å². The van der Waals surface area contributed by atoms with Crippen LogP contribution in [-0.4, -0.2) is 23.1 Å². The lowest BCUT2D eigenvalue weighted by atomic mass is 10.1. The molecule has 114 valence electrons. The predicted molar refractivity (Wildman–Crippen MR) is 85.0 cm³/mol. The minimum Gasteiger partial charge on any atom is -0.366 e. The predicted octanol–water partition coefficient (Wildman–Crippen LogP) is 3.28. The van der Waals surface area contributed by atoms with E-state index in [2.05, 4.69) is 41.3 Å². The first kappa shape index (κ1) is 15.7. The van der Waals surface area contributed by atoms with Gasteiger partial charge in [0, 0.05) is 25.0 Å². The van der Waals surface area contributed by atoms with Gasteiger partial charge in [-0.3, -0.25) is 0 Å². The third-order valence-corrected chi connectivity index (χ3v) is 3.20. The molecule has 0 spiro atoms. The zero-order valence-corrected chi connectivity index (χ0v) is 13.1. The van der Waals surface area contributed by atoms with Crippen molar-refractivity contribution in [1.82, 2.24) is 15.3 Å². The molecule has 21 heavy (non-hydrogen) atoms. The van der Waals surface area contributed by atoms with Crippen LogP contribution in [0.1, 0.15) is 44.0 Å². The summed E-state index contributed by atoms with van der Waals surface area (Å²) in [4.78, 5) is 7.86. The fourth-order valence-corrected chi connectivity index (χ4v) is 2.22. The molecule has 2 N–H and O–H groups in total. The van der Waals surface area contributed by atoms with Crippen LogP contribution in [-0.2, 0) is 11.3 Å². The fraction of sp³-hybridized carbons (Fsp3) is 0.471. The Bertz CT molecular complexity index is 522. The van der Waals surface area contributed by atoms with Crippen molar-refractivity contribution in [3.05, 3.63) is 53.6 Å². The van der Waals surface area contributed by atoms with E-state index >= 15 is 0 Å². The number of nitrogens with one attached hydrogen (secondary N) is 2. The average molecular weight is 287 g/mol. The van der Waals surface area contributed by atoms with Gasteiger partial charge in [0.25, 0.3) is 0 Å². The normalized spacial score (nSPS) is 12.8. The number of hydrogen-bond donors (Lipinski definition) is 2. The second-order valence-electron chi connectivity index (χ2n) is 5.56. The summed E-state index contributed by atoms with van der Waals surface area (Å²) < 4.78 is 5.86. The van der Waals surface area contributed by atoms with Crippen molar-refractivity contribution in [2.45, 2.75) is 33.4 Å². The van der Waals surface area contributed by atoms with E-state index in [0.29, 0.717) is 12.5 Å². The summed E-state index contributed by atoms with van der Waals surface area (Å²) in [6.45, 7) is 8.86. The Morgan fingerprint density at radius 1 is 1.24 bits per heavy atom. The van der Waals surface area contributed by atoms with Crippen molar-refractivity contribution in [2.75, 3.05) is 13.2 Å². The summed E-state index contributed by atoms with van der Waals surface area (Å²) >= 11 is 0. The highest BCUT2D eigenvalue weighted by Crippen LogP contribution is 2.23. The molecular formula is C17H25N3O. The Labute approximate surface area is 127 Å². The SMILES string of the molecule is CCOC(c1ccccc1)c1ncc(CNCC(C)C)[nH]1. The maximum atomic E-state index is 5.86. The van der Waals surface area contributed by atoms with E-state index in [1.807, 2.05) is 31.3 Å². The van der Waals surface area contributed by atoms with Crippen LogP contribution < -0.4 is 5.32 Å². The van der Waals surface area contributed by atoms with E-state index in [-0.39, 0.29) is 6.10 Å². The van der Waals surface area contributed by atoms with Crippen LogP contribution in [0.5, 0.6) is 0 Å². The van der Waals surface area contributed by atoms with Crippen LogP contribution in [0.2, 0.25) is 0 Å². The molecule has 1 aromatic heterocycles. The Balaban J connectivity index is 2.06. The van der Waals surface area contributed by atoms with Gasteiger partial charge in [0.1, 0.15) is 11.9 Å². The number of aromatic amines is 1. The number of H-pyrrole nitrogens is 1. The van der Waals surface area contributed by atoms with Gasteiger partial charge in [0.05, 0.1) is 0 Å². The Morgan fingerprint density at radius 2 is 2.00 bits per heavy atom. The fourth-order valence-electron chi connectivity index (χ4n) is 2.22. The molecule has 1 aromatic carbocycles. The summed E-state index contributed by atoms with van der Waals surface area (Å²) in [6, 6.07) is 10.2. The maximum absolute atomic E-state index is 5.86. The number of hydrogen-bond acceptors (Lipinski definition) is 3. The lowest BCUT2D eigenvalue weighted by Crippen LogP contribution is -2.19. The monoisotopic (exact) mass is 287 g/mol. The number of rotatable bonds is 8. The van der Waals surface area contributed by atoms with Gasteiger partial charge in [-0.05, 0) is 24.9 Å². The smallest absolute Gasteiger partial charge is 0.140 e. The molecule has 2 aromatic rings. The van der Waals surface area contributed by atoms with Crippen molar-refractivity contribution in [2.24, 2.45) is 5.92 Å². The number of ether oxygens (including phenoxy) is 1. The highest BCUT2D eigenvalue weighted by Gasteiger charge is 2.17. The number of benzene rings is 1. The molecule has 0 saturated carbocycles. The molecule has 0 aliphatic heterocycles. The van der Waals surface area contributed by atoms with Crippen molar-refractivity contribution >= 4 is 0 Å². The molecular weight excluding hydrogens is 262 g/mol. The lowest BCUT2D eigenvalue weighted by molar-refractivity contribution is 0.0856. The topological polar surface area (TPSA) is 49.9 Å². The quantitative estimate of drug-likeness (QED) is 0.783. The Hall–Kier alpha value is -1.65. The number of aromatic nitrogens is 2. The molecule has 0 amide bonds. The molecule has 0 radical (unpaired) electrons. The van der Waals surface area contributed by atoms with Crippen molar-refractivity contribution in [3.63, 3.8) is 0 Å². The van der Waals surface area contributed by atoms with Gasteiger partial charge >= 0.3 is 0 Å². The average Bonchev–Trinajstić information content (AvgIpc) is 2.94. The van der Waals surface area contributed by atoms with Crippen LogP contribution in [0.25, 0.3) is 0 Å². The minimum atomic E-state index is -0.130. The van der Waals surface area contributed by atoms with Crippen molar-refractivity contribution in [3.8, 4) is 0 Å². The standard InChI is InChI=1S/C17H25N3O/c1-4-21-16(14-8-6-5-7-9-14)17-19-12-15(20-17)11-18-10-13(2)3/h5-9,12-13,16,18H,4,10-11H2,1-3H3,(H,19,20). The molecule has 4 nitrogen and oxygen atoms in total. The first-order valence-corrected chi connectivity index (χ1v) is 7.61. The highest BCUT2D eigenvalue weighted by molar-refractivity contribution is 5.23. The third-order valence-electron chi connectivity index (χ3n) is 3.20. The van der Waals surface area contributed by atoms with E-state index in [4.69, 9.17) is 4.74 Å². The summed E-state index contributed by atoms with van der Waals surface area (Å²) in [5, 5.41) is 3.41. The number of imidazole rings is 1. The van der Waals surface area contributed by atoms with Crippen LogP contribution in [0.3, 0.4) is 0 Å². The van der Waals surface area contributed by atoms with Gasteiger partial charge in [-0.2, -0.15) is 0 Å². The van der Waals surface area contributed by atoms with E-state index in [9.17, 15) is 0 Å². The first-order valence-electron chi connectivity index (χ1n) is 7.61. The Kier molecular flexibility index (Phi) is 5.96. The molecule has 0 aliphatic carbocycles. The van der Waals surface area contributed by atoms with Gasteiger partial charge in [-0.1, -0.05) is 44.2 Å². The van der Waals surface area contributed by atoms with Crippen LogP contribution >= 0.6 is 0 Å². The van der Waals surface area contributed by atoms with Gasteiger partial charge in [0.2, 0.25) is 0 Å². The lowest BCUT2D eigenvalue weighted by Gasteiger charge is -2.15. The second-order valence-corrected chi connectivity index (χ2v) is 5.56. The molecule has 1 heterocycles. The molecule has 1 atom stereocenters. The van der Waals surface area contributed by atoms with Crippen molar-refractivity contribution in [1.29, 1.82) is 0 Å². The molecule has 1 unspecified atom stereocenters. The second kappa shape index (κ2) is 7.96. The minimum absolute atomic E-state index is 0.130. The summed E-state index contributed by atoms with van der Waals surface area (Å²) in [5.74, 6) is 1.51. The number of nitrogens with zero attached hydrogens (tertiary/aromatic N) is 1. The third kappa shape index (κ3) is 4.69. The van der Waals surface area contributed by atoms with E-state index in [0.717, 1.165) is 30.2 Å². The molecule has 2 rings (SSSR count). The van der Waals surface area contributed by atoms with Crippen LogP contribution in [0, 0.1) is 5.92 Å². The molecule has 4 heteroatoms. The largest absolute Gasteiger partial charge is 0.366 e. The van der Waals surface area contributed by atoms with E-state index < -0.39 is 0 Å². The van der Waals surface area contributed by atoms with Crippen LogP contribution in [0.4, 0.5) is 0 Å².